The standard InChI is InChI=1S/C18H30N4O/c1-18(2)7-5-14(6-8-18)12-21-15-4-3-11-22(13-15)16-17(23)20-10-9-19-16/h9-10,14-15,21H,3-8,11-13H2,1-2H3,(H,20,23). The molecule has 1 aromatic rings. The van der Waals surface area contributed by atoms with Gasteiger partial charge in [-0.25, -0.2) is 4.98 Å². The summed E-state index contributed by atoms with van der Waals surface area (Å²) in [5, 5.41) is 3.76. The van der Waals surface area contributed by atoms with Crippen molar-refractivity contribution in [2.75, 3.05) is 24.5 Å². The van der Waals surface area contributed by atoms with Crippen LogP contribution >= 0.6 is 0 Å². The average molecular weight is 318 g/mol. The van der Waals surface area contributed by atoms with Gasteiger partial charge in [0.15, 0.2) is 5.82 Å². The fourth-order valence-corrected chi connectivity index (χ4v) is 3.90. The van der Waals surface area contributed by atoms with Crippen LogP contribution in [0.15, 0.2) is 17.2 Å². The van der Waals surface area contributed by atoms with E-state index in [0.29, 0.717) is 17.3 Å². The molecule has 0 radical (unpaired) electrons. The Morgan fingerprint density at radius 2 is 2.13 bits per heavy atom. The van der Waals surface area contributed by atoms with Crippen LogP contribution in [0.1, 0.15) is 52.4 Å². The van der Waals surface area contributed by atoms with E-state index >= 15 is 0 Å². The van der Waals surface area contributed by atoms with Gasteiger partial charge < -0.3 is 15.2 Å². The molecule has 5 heteroatoms. The second-order valence-electron chi connectivity index (χ2n) is 8.04. The Hall–Kier alpha value is -1.36. The molecule has 1 aliphatic heterocycles. The predicted molar refractivity (Wildman–Crippen MR) is 93.8 cm³/mol. The summed E-state index contributed by atoms with van der Waals surface area (Å²) in [4.78, 5) is 21.0. The molecule has 1 atom stereocenters. The minimum Gasteiger partial charge on any atom is -0.350 e. The second kappa shape index (κ2) is 7.04. The Balaban J connectivity index is 1.50. The number of nitrogens with one attached hydrogen (secondary N) is 2. The summed E-state index contributed by atoms with van der Waals surface area (Å²) in [6.45, 7) is 7.71. The largest absolute Gasteiger partial charge is 0.350 e. The van der Waals surface area contributed by atoms with Gasteiger partial charge in [-0.1, -0.05) is 13.8 Å². The lowest BCUT2D eigenvalue weighted by Gasteiger charge is -2.37. The summed E-state index contributed by atoms with van der Waals surface area (Å²) in [5.41, 5.74) is 0.459. The fraction of sp³-hybridized carbons (Fsp3) is 0.778. The Morgan fingerprint density at radius 3 is 2.87 bits per heavy atom. The Labute approximate surface area is 138 Å². The number of piperidine rings is 1. The van der Waals surface area contributed by atoms with Crippen LogP contribution in [0.3, 0.4) is 0 Å². The van der Waals surface area contributed by atoms with E-state index < -0.39 is 0 Å². The molecule has 1 saturated carbocycles. The van der Waals surface area contributed by atoms with Gasteiger partial charge in [-0.2, -0.15) is 0 Å². The minimum atomic E-state index is -0.0809. The van der Waals surface area contributed by atoms with E-state index in [1.165, 1.54) is 32.1 Å². The molecule has 1 saturated heterocycles. The molecule has 2 aliphatic rings. The maximum atomic E-state index is 11.9. The van der Waals surface area contributed by atoms with E-state index in [-0.39, 0.29) is 5.56 Å². The summed E-state index contributed by atoms with van der Waals surface area (Å²) in [6.07, 6.45) is 10.9. The maximum Gasteiger partial charge on any atom is 0.290 e. The van der Waals surface area contributed by atoms with E-state index in [9.17, 15) is 4.79 Å². The molecule has 128 valence electrons. The van der Waals surface area contributed by atoms with Crippen molar-refractivity contribution in [2.45, 2.75) is 58.4 Å². The normalized spacial score (nSPS) is 25.5. The van der Waals surface area contributed by atoms with Crippen molar-refractivity contribution in [3.63, 3.8) is 0 Å². The van der Waals surface area contributed by atoms with Crippen LogP contribution in [-0.2, 0) is 0 Å². The molecule has 2 N–H and O–H groups in total. The monoisotopic (exact) mass is 318 g/mol. The molecule has 0 amide bonds. The molecular formula is C18H30N4O. The van der Waals surface area contributed by atoms with Crippen LogP contribution in [0.2, 0.25) is 0 Å². The Morgan fingerprint density at radius 1 is 1.35 bits per heavy atom. The molecule has 5 nitrogen and oxygen atoms in total. The highest BCUT2D eigenvalue weighted by molar-refractivity contribution is 5.36. The Bertz CT molecular complexity index is 558. The molecule has 0 bridgehead atoms. The average Bonchev–Trinajstić information content (AvgIpc) is 2.55. The number of rotatable bonds is 4. The summed E-state index contributed by atoms with van der Waals surface area (Å²) >= 11 is 0. The quantitative estimate of drug-likeness (QED) is 0.895. The maximum absolute atomic E-state index is 11.9. The van der Waals surface area contributed by atoms with E-state index in [1.54, 1.807) is 12.4 Å². The zero-order valence-corrected chi connectivity index (χ0v) is 14.5. The fourth-order valence-electron chi connectivity index (χ4n) is 3.90. The zero-order chi connectivity index (χ0) is 16.3. The molecule has 23 heavy (non-hydrogen) atoms. The number of hydrogen-bond donors (Lipinski definition) is 2. The molecule has 1 aromatic heterocycles. The van der Waals surface area contributed by atoms with Gasteiger partial charge >= 0.3 is 0 Å². The van der Waals surface area contributed by atoms with Crippen molar-refractivity contribution >= 4 is 5.82 Å². The van der Waals surface area contributed by atoms with Gasteiger partial charge in [-0.15, -0.1) is 0 Å². The van der Waals surface area contributed by atoms with Crippen molar-refractivity contribution < 1.29 is 0 Å². The first kappa shape index (κ1) is 16.5. The lowest BCUT2D eigenvalue weighted by atomic mass is 9.73. The van der Waals surface area contributed by atoms with Crippen LogP contribution < -0.4 is 15.8 Å². The highest BCUT2D eigenvalue weighted by atomic mass is 16.1. The first-order valence-corrected chi connectivity index (χ1v) is 9.05. The third-order valence-electron chi connectivity index (χ3n) is 5.56. The summed E-state index contributed by atoms with van der Waals surface area (Å²) < 4.78 is 0. The topological polar surface area (TPSA) is 61.0 Å². The number of aromatic nitrogens is 2. The number of hydrogen-bond acceptors (Lipinski definition) is 4. The molecule has 2 fully saturated rings. The Kier molecular flexibility index (Phi) is 5.05. The van der Waals surface area contributed by atoms with Crippen molar-refractivity contribution in [3.8, 4) is 0 Å². The summed E-state index contributed by atoms with van der Waals surface area (Å²) in [5.74, 6) is 1.38. The van der Waals surface area contributed by atoms with Gasteiger partial charge in [0, 0.05) is 31.5 Å². The van der Waals surface area contributed by atoms with Gasteiger partial charge in [0.1, 0.15) is 0 Å². The zero-order valence-electron chi connectivity index (χ0n) is 14.5. The number of aromatic amines is 1. The van der Waals surface area contributed by atoms with Crippen LogP contribution in [0.5, 0.6) is 0 Å². The van der Waals surface area contributed by atoms with Gasteiger partial charge in [0.2, 0.25) is 0 Å². The van der Waals surface area contributed by atoms with E-state index in [0.717, 1.165) is 32.0 Å². The van der Waals surface area contributed by atoms with E-state index in [1.807, 2.05) is 0 Å². The third-order valence-corrected chi connectivity index (χ3v) is 5.56. The molecular weight excluding hydrogens is 288 g/mol. The van der Waals surface area contributed by atoms with Crippen molar-refractivity contribution in [2.24, 2.45) is 11.3 Å². The highest BCUT2D eigenvalue weighted by Gasteiger charge is 2.28. The molecule has 2 heterocycles. The van der Waals surface area contributed by atoms with Crippen molar-refractivity contribution in [1.82, 2.24) is 15.3 Å². The van der Waals surface area contributed by atoms with E-state index in [4.69, 9.17) is 0 Å². The predicted octanol–water partition coefficient (Wildman–Crippen LogP) is 2.54. The van der Waals surface area contributed by atoms with Crippen molar-refractivity contribution in [1.29, 1.82) is 0 Å². The van der Waals surface area contributed by atoms with E-state index in [2.05, 4.69) is 34.0 Å². The molecule has 0 spiro atoms. The van der Waals surface area contributed by atoms with Crippen LogP contribution in [0.25, 0.3) is 0 Å². The summed E-state index contributed by atoms with van der Waals surface area (Å²) in [7, 11) is 0. The lowest BCUT2D eigenvalue weighted by Crippen LogP contribution is -2.48. The van der Waals surface area contributed by atoms with Gasteiger partial charge in [-0.05, 0) is 56.4 Å². The van der Waals surface area contributed by atoms with Crippen molar-refractivity contribution in [3.05, 3.63) is 22.7 Å². The lowest BCUT2D eigenvalue weighted by molar-refractivity contribution is 0.185. The van der Waals surface area contributed by atoms with Crippen LogP contribution in [0.4, 0.5) is 5.82 Å². The SMILES string of the molecule is CC1(C)CCC(CNC2CCCN(c3ncc[nH]c3=O)C2)CC1. The number of H-pyrrole nitrogens is 1. The van der Waals surface area contributed by atoms with Gasteiger partial charge in [-0.3, -0.25) is 4.79 Å². The van der Waals surface area contributed by atoms with Gasteiger partial charge in [0.05, 0.1) is 0 Å². The molecule has 3 rings (SSSR count). The summed E-state index contributed by atoms with van der Waals surface area (Å²) in [6, 6.07) is 0.472. The first-order chi connectivity index (χ1) is 11.0. The molecule has 1 aliphatic carbocycles. The number of anilines is 1. The van der Waals surface area contributed by atoms with Crippen LogP contribution in [0, 0.1) is 11.3 Å². The minimum absolute atomic E-state index is 0.0809. The highest BCUT2D eigenvalue weighted by Crippen LogP contribution is 2.37. The molecule has 1 unspecified atom stereocenters. The number of nitrogens with zero attached hydrogens (tertiary/aromatic N) is 2. The van der Waals surface area contributed by atoms with Gasteiger partial charge in [0.25, 0.3) is 5.56 Å². The third kappa shape index (κ3) is 4.34. The first-order valence-electron chi connectivity index (χ1n) is 9.05. The smallest absolute Gasteiger partial charge is 0.290 e. The second-order valence-corrected chi connectivity index (χ2v) is 8.04. The van der Waals surface area contributed by atoms with Crippen LogP contribution in [-0.4, -0.2) is 35.6 Å². The molecule has 0 aromatic carbocycles.